The summed E-state index contributed by atoms with van der Waals surface area (Å²) in [4.78, 5) is 22.4. The van der Waals surface area contributed by atoms with E-state index in [0.29, 0.717) is 17.8 Å². The second-order valence-electron chi connectivity index (χ2n) is 3.08. The fourth-order valence-electron chi connectivity index (χ4n) is 1.27. The average molecular weight is 206 g/mol. The van der Waals surface area contributed by atoms with Gasteiger partial charge in [-0.1, -0.05) is 6.92 Å². The van der Waals surface area contributed by atoms with Crippen molar-refractivity contribution in [3.05, 3.63) is 29.8 Å². The molecule has 0 unspecified atom stereocenters. The van der Waals surface area contributed by atoms with Crippen LogP contribution < -0.4 is 4.90 Å². The minimum atomic E-state index is -0.986. The third-order valence-electron chi connectivity index (χ3n) is 1.97. The second-order valence-corrected chi connectivity index (χ2v) is 3.08. The highest BCUT2D eigenvalue weighted by Gasteiger charge is 2.12. The van der Waals surface area contributed by atoms with Gasteiger partial charge >= 0.3 is 6.09 Å². The number of carbonyl (C=O) groups is 1. The molecule has 0 saturated heterocycles. The van der Waals surface area contributed by atoms with E-state index in [4.69, 9.17) is 5.11 Å². The van der Waals surface area contributed by atoms with Gasteiger partial charge in [0.1, 0.15) is 0 Å². The fourth-order valence-corrected chi connectivity index (χ4v) is 1.27. The van der Waals surface area contributed by atoms with Gasteiger partial charge in [0, 0.05) is 17.8 Å². The highest BCUT2D eigenvalue weighted by molar-refractivity contribution is 5.86. The van der Waals surface area contributed by atoms with Gasteiger partial charge in [0.25, 0.3) is 0 Å². The molecule has 0 aliphatic carbocycles. The molecular formula is C11H12NO3. The van der Waals surface area contributed by atoms with Crippen LogP contribution in [0.5, 0.6) is 0 Å². The Balaban J connectivity index is 2.91. The molecule has 0 atom stereocenters. The lowest BCUT2D eigenvalue weighted by Gasteiger charge is -2.18. The van der Waals surface area contributed by atoms with E-state index in [1.54, 1.807) is 30.6 Å². The molecule has 1 amide bonds. The summed E-state index contributed by atoms with van der Waals surface area (Å²) in [6.07, 6.45) is 1.50. The maximum absolute atomic E-state index is 10.9. The van der Waals surface area contributed by atoms with Crippen molar-refractivity contribution in [2.75, 3.05) is 11.4 Å². The first-order valence-electron chi connectivity index (χ1n) is 4.67. The summed E-state index contributed by atoms with van der Waals surface area (Å²) in [5.41, 5.74) is 0.990. The number of carbonyl (C=O) groups excluding carboxylic acids is 1. The van der Waals surface area contributed by atoms with Gasteiger partial charge in [0.05, 0.1) is 0 Å². The number of anilines is 1. The van der Waals surface area contributed by atoms with Gasteiger partial charge in [-0.3, -0.25) is 9.69 Å². The number of rotatable bonds is 4. The molecule has 0 bridgehead atoms. The van der Waals surface area contributed by atoms with Gasteiger partial charge in [-0.15, -0.1) is 0 Å². The van der Waals surface area contributed by atoms with Crippen LogP contribution in [0.4, 0.5) is 10.5 Å². The number of carboxylic acid groups (broad SMARTS) is 1. The molecule has 0 saturated carbocycles. The molecule has 1 radical (unpaired) electrons. The third-order valence-corrected chi connectivity index (χ3v) is 1.97. The first-order valence-corrected chi connectivity index (χ1v) is 4.67. The Morgan fingerprint density at radius 1 is 1.40 bits per heavy atom. The van der Waals surface area contributed by atoms with Crippen molar-refractivity contribution in [3.63, 3.8) is 0 Å². The van der Waals surface area contributed by atoms with Crippen molar-refractivity contribution < 1.29 is 14.7 Å². The summed E-state index contributed by atoms with van der Waals surface area (Å²) in [5, 5.41) is 8.93. The van der Waals surface area contributed by atoms with Crippen LogP contribution in [0.3, 0.4) is 0 Å². The SMILES string of the molecule is CCCN(C(=O)O)c1ccc([C]=O)cc1. The lowest BCUT2D eigenvalue weighted by molar-refractivity contribution is 0.202. The molecule has 0 aliphatic rings. The Bertz CT molecular complexity index is 345. The minimum absolute atomic E-state index is 0.417. The van der Waals surface area contributed by atoms with Crippen molar-refractivity contribution in [2.45, 2.75) is 13.3 Å². The summed E-state index contributed by atoms with van der Waals surface area (Å²) in [6.45, 7) is 2.35. The Kier molecular flexibility index (Phi) is 3.85. The van der Waals surface area contributed by atoms with Crippen LogP contribution in [0.1, 0.15) is 18.9 Å². The van der Waals surface area contributed by atoms with Crippen LogP contribution in [-0.4, -0.2) is 24.0 Å². The largest absolute Gasteiger partial charge is 0.465 e. The summed E-state index contributed by atoms with van der Waals surface area (Å²) < 4.78 is 0. The molecule has 79 valence electrons. The van der Waals surface area contributed by atoms with Crippen LogP contribution in [0, 0.1) is 0 Å². The number of amides is 1. The first-order chi connectivity index (χ1) is 7.19. The lowest BCUT2D eigenvalue weighted by Crippen LogP contribution is -2.29. The van der Waals surface area contributed by atoms with E-state index in [1.807, 2.05) is 6.92 Å². The van der Waals surface area contributed by atoms with Gasteiger partial charge in [0.2, 0.25) is 6.29 Å². The maximum Gasteiger partial charge on any atom is 0.411 e. The quantitative estimate of drug-likeness (QED) is 0.820. The van der Waals surface area contributed by atoms with Crippen molar-refractivity contribution in [3.8, 4) is 0 Å². The summed E-state index contributed by atoms with van der Waals surface area (Å²) in [5.74, 6) is 0. The maximum atomic E-state index is 10.9. The van der Waals surface area contributed by atoms with Crippen LogP contribution >= 0.6 is 0 Å². The van der Waals surface area contributed by atoms with Crippen molar-refractivity contribution in [2.24, 2.45) is 0 Å². The van der Waals surface area contributed by atoms with E-state index in [2.05, 4.69) is 0 Å². The number of hydrogen-bond donors (Lipinski definition) is 1. The molecule has 1 aromatic rings. The molecule has 0 spiro atoms. The van der Waals surface area contributed by atoms with Crippen LogP contribution in [0.15, 0.2) is 24.3 Å². The normalized spacial score (nSPS) is 9.67. The molecule has 1 rings (SSSR count). The Morgan fingerprint density at radius 2 is 2.00 bits per heavy atom. The highest BCUT2D eigenvalue weighted by Crippen LogP contribution is 2.15. The van der Waals surface area contributed by atoms with Gasteiger partial charge in [0.15, 0.2) is 0 Å². The van der Waals surface area contributed by atoms with Gasteiger partial charge in [-0.2, -0.15) is 0 Å². The predicted octanol–water partition coefficient (Wildman–Crippen LogP) is 2.04. The van der Waals surface area contributed by atoms with Gasteiger partial charge in [-0.25, -0.2) is 4.79 Å². The second kappa shape index (κ2) is 5.14. The molecular weight excluding hydrogens is 194 g/mol. The van der Waals surface area contributed by atoms with Gasteiger partial charge in [-0.05, 0) is 30.7 Å². The molecule has 0 aliphatic heterocycles. The molecule has 0 aromatic heterocycles. The van der Waals surface area contributed by atoms with Crippen LogP contribution in [0.2, 0.25) is 0 Å². The monoisotopic (exact) mass is 206 g/mol. The van der Waals surface area contributed by atoms with Gasteiger partial charge < -0.3 is 5.11 Å². The van der Waals surface area contributed by atoms with Crippen molar-refractivity contribution in [1.82, 2.24) is 0 Å². The Hall–Kier alpha value is -1.84. The van der Waals surface area contributed by atoms with Crippen LogP contribution in [-0.2, 0) is 4.79 Å². The predicted molar refractivity (Wildman–Crippen MR) is 56.9 cm³/mol. The third kappa shape index (κ3) is 2.80. The Labute approximate surface area is 88.1 Å². The summed E-state index contributed by atoms with van der Waals surface area (Å²) in [7, 11) is 0. The molecule has 4 heteroatoms. The molecule has 1 aromatic carbocycles. The molecule has 0 heterocycles. The van der Waals surface area contributed by atoms with Crippen molar-refractivity contribution >= 4 is 18.1 Å². The molecule has 15 heavy (non-hydrogen) atoms. The minimum Gasteiger partial charge on any atom is -0.465 e. The van der Waals surface area contributed by atoms with Crippen molar-refractivity contribution in [1.29, 1.82) is 0 Å². The Morgan fingerprint density at radius 3 is 2.40 bits per heavy atom. The average Bonchev–Trinajstić information content (AvgIpc) is 2.26. The topological polar surface area (TPSA) is 57.6 Å². The van der Waals surface area contributed by atoms with E-state index in [9.17, 15) is 9.59 Å². The van der Waals surface area contributed by atoms with Crippen LogP contribution in [0.25, 0.3) is 0 Å². The number of hydrogen-bond acceptors (Lipinski definition) is 2. The smallest absolute Gasteiger partial charge is 0.411 e. The standard InChI is InChI=1S/C11H12NO3/c1-2-7-12(11(14)15)10-5-3-9(8-13)4-6-10/h3-6H,2,7H2,1H3,(H,14,15). The molecule has 4 nitrogen and oxygen atoms in total. The zero-order valence-electron chi connectivity index (χ0n) is 8.43. The van der Waals surface area contributed by atoms with E-state index in [1.165, 1.54) is 4.90 Å². The van der Waals surface area contributed by atoms with E-state index in [0.717, 1.165) is 6.42 Å². The highest BCUT2D eigenvalue weighted by atomic mass is 16.4. The molecule has 1 N–H and O–H groups in total. The zero-order valence-corrected chi connectivity index (χ0v) is 8.43. The number of nitrogens with zero attached hydrogens (tertiary/aromatic N) is 1. The van der Waals surface area contributed by atoms with E-state index in [-0.39, 0.29) is 0 Å². The fraction of sp³-hybridized carbons (Fsp3) is 0.273. The molecule has 0 fully saturated rings. The van der Waals surface area contributed by atoms with E-state index < -0.39 is 6.09 Å². The van der Waals surface area contributed by atoms with E-state index >= 15 is 0 Å². The zero-order chi connectivity index (χ0) is 11.3. The summed E-state index contributed by atoms with van der Waals surface area (Å²) in [6, 6.07) is 6.30. The lowest BCUT2D eigenvalue weighted by atomic mass is 10.2. The number of benzene rings is 1. The first kappa shape index (κ1) is 11.2. The summed E-state index contributed by atoms with van der Waals surface area (Å²) >= 11 is 0.